The number of nitrogens with zero attached hydrogens (tertiary/aromatic N) is 1. The number of nitrogens with two attached hydrogens (primary N) is 1. The molecule has 0 saturated carbocycles. The Morgan fingerprint density at radius 1 is 1.37 bits per heavy atom. The Morgan fingerprint density at radius 2 is 2.11 bits per heavy atom. The molecule has 1 aliphatic heterocycles. The van der Waals surface area contributed by atoms with Gasteiger partial charge in [0.1, 0.15) is 5.82 Å². The second-order valence-corrected chi connectivity index (χ2v) is 5.68. The molecule has 0 atom stereocenters. The van der Waals surface area contributed by atoms with Crippen molar-refractivity contribution in [3.05, 3.63) is 35.8 Å². The zero-order chi connectivity index (χ0) is 13.5. The second kappa shape index (κ2) is 4.62. The van der Waals surface area contributed by atoms with E-state index in [9.17, 15) is 4.39 Å². The predicted molar refractivity (Wildman–Crippen MR) is 75.7 cm³/mol. The summed E-state index contributed by atoms with van der Waals surface area (Å²) in [7, 11) is 2.13. The zero-order valence-electron chi connectivity index (χ0n) is 11.2. The van der Waals surface area contributed by atoms with Crippen molar-refractivity contribution >= 4 is 10.9 Å². The molecule has 3 rings (SSSR count). The lowest BCUT2D eigenvalue weighted by molar-refractivity contribution is 0.193. The number of likely N-dealkylation sites (tertiary alicyclic amines) is 1. The maximum atomic E-state index is 13.5. The van der Waals surface area contributed by atoms with Crippen LogP contribution in [0.2, 0.25) is 0 Å². The first-order valence-corrected chi connectivity index (χ1v) is 6.80. The van der Waals surface area contributed by atoms with Crippen LogP contribution in [0.25, 0.3) is 10.9 Å². The molecule has 0 amide bonds. The van der Waals surface area contributed by atoms with Gasteiger partial charge in [-0.15, -0.1) is 0 Å². The molecule has 2 heterocycles. The second-order valence-electron chi connectivity index (χ2n) is 5.68. The van der Waals surface area contributed by atoms with Crippen LogP contribution in [-0.2, 0) is 5.41 Å². The standard InChI is InChI=1S/C15H20FN3/c1-19-6-4-15(10-17,5-7-19)13-9-18-14-3-2-11(16)8-12(13)14/h2-3,8-9,18H,4-7,10,17H2,1H3. The molecule has 102 valence electrons. The van der Waals surface area contributed by atoms with Crippen LogP contribution < -0.4 is 5.73 Å². The van der Waals surface area contributed by atoms with Gasteiger partial charge in [-0.25, -0.2) is 4.39 Å². The summed E-state index contributed by atoms with van der Waals surface area (Å²) in [6.07, 6.45) is 4.08. The van der Waals surface area contributed by atoms with Crippen molar-refractivity contribution in [3.63, 3.8) is 0 Å². The fourth-order valence-corrected chi connectivity index (χ4v) is 3.16. The molecule has 0 aliphatic carbocycles. The first kappa shape index (κ1) is 12.6. The normalized spacial score (nSPS) is 19.9. The van der Waals surface area contributed by atoms with Crippen LogP contribution >= 0.6 is 0 Å². The van der Waals surface area contributed by atoms with Gasteiger partial charge in [0, 0.05) is 29.1 Å². The van der Waals surface area contributed by atoms with E-state index in [-0.39, 0.29) is 11.2 Å². The Hall–Kier alpha value is -1.39. The number of rotatable bonds is 2. The first-order chi connectivity index (χ1) is 9.14. The molecule has 0 spiro atoms. The topological polar surface area (TPSA) is 45.0 Å². The number of hydrogen-bond acceptors (Lipinski definition) is 2. The van der Waals surface area contributed by atoms with Crippen molar-refractivity contribution in [2.45, 2.75) is 18.3 Å². The minimum atomic E-state index is -0.187. The molecule has 0 radical (unpaired) electrons. The third kappa shape index (κ3) is 2.05. The van der Waals surface area contributed by atoms with E-state index in [2.05, 4.69) is 16.9 Å². The Bertz CT molecular complexity index is 582. The molecule has 3 nitrogen and oxygen atoms in total. The molecular formula is C15H20FN3. The number of aromatic nitrogens is 1. The quantitative estimate of drug-likeness (QED) is 0.870. The molecule has 3 N–H and O–H groups in total. The monoisotopic (exact) mass is 261 g/mol. The van der Waals surface area contributed by atoms with E-state index in [0.29, 0.717) is 6.54 Å². The number of fused-ring (bicyclic) bond motifs is 1. The number of halogens is 1. The molecule has 4 heteroatoms. The van der Waals surface area contributed by atoms with Crippen molar-refractivity contribution in [3.8, 4) is 0 Å². The third-order valence-corrected chi connectivity index (χ3v) is 4.55. The van der Waals surface area contributed by atoms with Gasteiger partial charge in [-0.05, 0) is 56.7 Å². The zero-order valence-corrected chi connectivity index (χ0v) is 11.2. The highest BCUT2D eigenvalue weighted by Crippen LogP contribution is 2.38. The van der Waals surface area contributed by atoms with Gasteiger partial charge < -0.3 is 15.6 Å². The van der Waals surface area contributed by atoms with Crippen LogP contribution in [0.3, 0.4) is 0 Å². The number of benzene rings is 1. The highest BCUT2D eigenvalue weighted by Gasteiger charge is 2.35. The maximum absolute atomic E-state index is 13.5. The van der Waals surface area contributed by atoms with Crippen LogP contribution in [-0.4, -0.2) is 36.6 Å². The largest absolute Gasteiger partial charge is 0.361 e. The van der Waals surface area contributed by atoms with Gasteiger partial charge in [-0.3, -0.25) is 0 Å². The molecule has 1 saturated heterocycles. The highest BCUT2D eigenvalue weighted by molar-refractivity contribution is 5.84. The van der Waals surface area contributed by atoms with Crippen molar-refractivity contribution < 1.29 is 4.39 Å². The number of hydrogen-bond donors (Lipinski definition) is 2. The summed E-state index contributed by atoms with van der Waals surface area (Å²) >= 11 is 0. The molecule has 0 bridgehead atoms. The van der Waals surface area contributed by atoms with Gasteiger partial charge in [0.25, 0.3) is 0 Å². The minimum absolute atomic E-state index is 0.0153. The lowest BCUT2D eigenvalue weighted by Gasteiger charge is -2.40. The Labute approximate surface area is 112 Å². The Morgan fingerprint density at radius 3 is 2.79 bits per heavy atom. The Balaban J connectivity index is 2.08. The van der Waals surface area contributed by atoms with Crippen molar-refractivity contribution in [2.75, 3.05) is 26.7 Å². The molecule has 1 aromatic heterocycles. The smallest absolute Gasteiger partial charge is 0.123 e. The van der Waals surface area contributed by atoms with E-state index >= 15 is 0 Å². The SMILES string of the molecule is CN1CCC(CN)(c2c[nH]c3ccc(F)cc23)CC1. The number of piperidine rings is 1. The van der Waals surface area contributed by atoms with E-state index in [1.54, 1.807) is 12.1 Å². The van der Waals surface area contributed by atoms with Gasteiger partial charge in [0.05, 0.1) is 0 Å². The van der Waals surface area contributed by atoms with Gasteiger partial charge in [0.2, 0.25) is 0 Å². The van der Waals surface area contributed by atoms with Crippen LogP contribution in [0, 0.1) is 5.82 Å². The molecule has 19 heavy (non-hydrogen) atoms. The molecule has 2 aromatic rings. The highest BCUT2D eigenvalue weighted by atomic mass is 19.1. The van der Waals surface area contributed by atoms with Crippen molar-refractivity contribution in [1.82, 2.24) is 9.88 Å². The summed E-state index contributed by atoms with van der Waals surface area (Å²) in [5.41, 5.74) is 8.23. The van der Waals surface area contributed by atoms with Crippen molar-refractivity contribution in [2.24, 2.45) is 5.73 Å². The van der Waals surface area contributed by atoms with E-state index < -0.39 is 0 Å². The minimum Gasteiger partial charge on any atom is -0.361 e. The van der Waals surface area contributed by atoms with Crippen LogP contribution in [0.5, 0.6) is 0 Å². The summed E-state index contributed by atoms with van der Waals surface area (Å²) in [5.74, 6) is -0.187. The summed E-state index contributed by atoms with van der Waals surface area (Å²) in [6, 6.07) is 4.91. The van der Waals surface area contributed by atoms with E-state index in [0.717, 1.165) is 36.8 Å². The average Bonchev–Trinajstić information content (AvgIpc) is 2.84. The van der Waals surface area contributed by atoms with Crippen LogP contribution in [0.1, 0.15) is 18.4 Å². The van der Waals surface area contributed by atoms with E-state index in [1.807, 2.05) is 6.20 Å². The number of nitrogens with one attached hydrogen (secondary N) is 1. The van der Waals surface area contributed by atoms with Gasteiger partial charge >= 0.3 is 0 Å². The predicted octanol–water partition coefficient (Wildman–Crippen LogP) is 2.23. The fourth-order valence-electron chi connectivity index (χ4n) is 3.16. The van der Waals surface area contributed by atoms with Crippen LogP contribution in [0.15, 0.2) is 24.4 Å². The van der Waals surface area contributed by atoms with Gasteiger partial charge in [-0.2, -0.15) is 0 Å². The third-order valence-electron chi connectivity index (χ3n) is 4.55. The number of H-pyrrole nitrogens is 1. The molecule has 1 aliphatic rings. The lowest BCUT2D eigenvalue weighted by Crippen LogP contribution is -2.45. The average molecular weight is 261 g/mol. The summed E-state index contributed by atoms with van der Waals surface area (Å²) in [6.45, 7) is 2.70. The van der Waals surface area contributed by atoms with Gasteiger partial charge in [0.15, 0.2) is 0 Å². The summed E-state index contributed by atoms with van der Waals surface area (Å²) < 4.78 is 13.5. The molecular weight excluding hydrogens is 241 g/mol. The summed E-state index contributed by atoms with van der Waals surface area (Å²) in [4.78, 5) is 5.57. The molecule has 0 unspecified atom stereocenters. The van der Waals surface area contributed by atoms with Crippen molar-refractivity contribution in [1.29, 1.82) is 0 Å². The van der Waals surface area contributed by atoms with Gasteiger partial charge in [-0.1, -0.05) is 0 Å². The first-order valence-electron chi connectivity index (χ1n) is 6.80. The van der Waals surface area contributed by atoms with E-state index in [4.69, 9.17) is 5.73 Å². The molecule has 1 aromatic carbocycles. The molecule has 1 fully saturated rings. The lowest BCUT2D eigenvalue weighted by atomic mass is 9.73. The number of aromatic amines is 1. The Kier molecular flexibility index (Phi) is 3.07. The fraction of sp³-hybridized carbons (Fsp3) is 0.467. The van der Waals surface area contributed by atoms with E-state index in [1.165, 1.54) is 11.6 Å². The van der Waals surface area contributed by atoms with Crippen LogP contribution in [0.4, 0.5) is 4.39 Å². The maximum Gasteiger partial charge on any atom is 0.123 e. The summed E-state index contributed by atoms with van der Waals surface area (Å²) in [5, 5.41) is 0.981.